The van der Waals surface area contributed by atoms with E-state index in [0.29, 0.717) is 33.9 Å². The third-order valence-corrected chi connectivity index (χ3v) is 6.93. The molecule has 1 N–H and O–H groups in total. The molecule has 0 spiro atoms. The number of amides is 2. The number of alkyl halides is 3. The number of hydrogen-bond acceptors (Lipinski definition) is 4. The van der Waals surface area contributed by atoms with Crippen molar-refractivity contribution in [1.29, 1.82) is 0 Å². The van der Waals surface area contributed by atoms with Gasteiger partial charge in [0.25, 0.3) is 0 Å². The molecule has 1 atom stereocenters. The van der Waals surface area contributed by atoms with Crippen LogP contribution < -0.4 is 9.62 Å². The number of carbonyl (C=O) groups is 2. The third-order valence-electron chi connectivity index (χ3n) is 5.21. The molecule has 0 aliphatic carbocycles. The van der Waals surface area contributed by atoms with Gasteiger partial charge in [-0.3, -0.25) is 13.9 Å². The maximum absolute atomic E-state index is 13.4. The molecule has 0 bridgehead atoms. The smallest absolute Gasteiger partial charge is 0.354 e. The van der Waals surface area contributed by atoms with Crippen LogP contribution in [0.15, 0.2) is 42.5 Å². The summed E-state index contributed by atoms with van der Waals surface area (Å²) in [5.41, 5.74) is -1.02. The molecule has 0 saturated carbocycles. The Labute approximate surface area is 218 Å². The maximum atomic E-state index is 13.4. The van der Waals surface area contributed by atoms with Crippen molar-refractivity contribution in [3.05, 3.63) is 63.6 Å². The van der Waals surface area contributed by atoms with Crippen LogP contribution in [0.25, 0.3) is 0 Å². The molecule has 2 amide bonds. The highest BCUT2D eigenvalue weighted by Crippen LogP contribution is 2.37. The molecule has 0 radical (unpaired) electrons. The van der Waals surface area contributed by atoms with E-state index in [1.54, 1.807) is 24.3 Å². The van der Waals surface area contributed by atoms with Gasteiger partial charge >= 0.3 is 6.18 Å². The van der Waals surface area contributed by atoms with Crippen LogP contribution >= 0.6 is 23.2 Å². The van der Waals surface area contributed by atoms with Gasteiger partial charge < -0.3 is 10.2 Å². The lowest BCUT2D eigenvalue weighted by atomic mass is 10.1. The normalized spacial score (nSPS) is 12.7. The van der Waals surface area contributed by atoms with Crippen LogP contribution in [0.5, 0.6) is 0 Å². The van der Waals surface area contributed by atoms with E-state index in [1.165, 1.54) is 6.92 Å². The molecular weight excluding hydrogens is 542 g/mol. The molecule has 0 aliphatic heterocycles. The van der Waals surface area contributed by atoms with Crippen LogP contribution in [0.1, 0.15) is 31.4 Å². The number of halogens is 5. The van der Waals surface area contributed by atoms with Gasteiger partial charge in [-0.05, 0) is 49.2 Å². The number of nitrogens with one attached hydrogen (secondary N) is 1. The first-order valence-electron chi connectivity index (χ1n) is 10.8. The van der Waals surface area contributed by atoms with E-state index in [4.69, 9.17) is 23.2 Å². The largest absolute Gasteiger partial charge is 0.417 e. The van der Waals surface area contributed by atoms with Crippen molar-refractivity contribution in [1.82, 2.24) is 10.2 Å². The Morgan fingerprint density at radius 2 is 1.69 bits per heavy atom. The summed E-state index contributed by atoms with van der Waals surface area (Å²) in [6, 6.07) is 8.02. The molecule has 13 heteroatoms. The zero-order chi connectivity index (χ0) is 27.3. The first-order valence-corrected chi connectivity index (χ1v) is 13.4. The minimum absolute atomic E-state index is 0.0667. The number of benzene rings is 2. The molecule has 2 rings (SSSR count). The maximum Gasteiger partial charge on any atom is 0.417 e. The standard InChI is InChI=1S/C23H26Cl2F3N3O4S/c1-4-11-29-22(33)15(2)30(13-16-5-7-17(24)8-6-16)21(32)14-31(36(3,34)35)18-9-10-20(25)19(12-18)23(26,27)28/h5-10,12,15H,4,11,13-14H2,1-3H3,(H,29,33)/t15-/m1/s1. The number of hydrogen-bond donors (Lipinski definition) is 1. The number of anilines is 1. The zero-order valence-electron chi connectivity index (χ0n) is 19.8. The fraction of sp³-hybridized carbons (Fsp3) is 0.391. The minimum atomic E-state index is -4.84. The van der Waals surface area contributed by atoms with Gasteiger partial charge in [-0.2, -0.15) is 13.2 Å². The van der Waals surface area contributed by atoms with E-state index in [2.05, 4.69) is 5.32 Å². The quantitative estimate of drug-likeness (QED) is 0.450. The summed E-state index contributed by atoms with van der Waals surface area (Å²) < 4.78 is 65.7. The van der Waals surface area contributed by atoms with E-state index in [1.807, 2.05) is 6.92 Å². The first kappa shape index (κ1) is 29.7. The topological polar surface area (TPSA) is 86.8 Å². The second-order valence-electron chi connectivity index (χ2n) is 8.05. The van der Waals surface area contributed by atoms with Gasteiger partial charge in [0.1, 0.15) is 12.6 Å². The SMILES string of the molecule is CCCNC(=O)[C@@H](C)N(Cc1ccc(Cl)cc1)C(=O)CN(c1ccc(Cl)c(C(F)(F)F)c1)S(C)(=O)=O. The van der Waals surface area contributed by atoms with Gasteiger partial charge in [0, 0.05) is 18.1 Å². The molecule has 0 heterocycles. The number of carbonyl (C=O) groups excluding carboxylic acids is 2. The predicted octanol–water partition coefficient (Wildman–Crippen LogP) is 4.72. The summed E-state index contributed by atoms with van der Waals surface area (Å²) in [6.45, 7) is 2.80. The molecule has 2 aromatic carbocycles. The van der Waals surface area contributed by atoms with E-state index in [-0.39, 0.29) is 6.54 Å². The Balaban J connectivity index is 2.45. The van der Waals surface area contributed by atoms with Crippen LogP contribution in [0, 0.1) is 0 Å². The van der Waals surface area contributed by atoms with Crippen molar-refractivity contribution in [2.45, 2.75) is 39.0 Å². The third kappa shape index (κ3) is 8.01. The van der Waals surface area contributed by atoms with Crippen LogP contribution in [0.2, 0.25) is 10.0 Å². The monoisotopic (exact) mass is 567 g/mol. The van der Waals surface area contributed by atoms with E-state index in [0.717, 1.165) is 23.3 Å². The Kier molecular flexibility index (Phi) is 10.0. The lowest BCUT2D eigenvalue weighted by Gasteiger charge is -2.31. The predicted molar refractivity (Wildman–Crippen MR) is 133 cm³/mol. The van der Waals surface area contributed by atoms with Gasteiger partial charge in [0.05, 0.1) is 22.5 Å². The molecule has 0 fully saturated rings. The molecule has 0 aliphatic rings. The van der Waals surface area contributed by atoms with Gasteiger partial charge in [-0.15, -0.1) is 0 Å². The molecule has 198 valence electrons. The molecule has 7 nitrogen and oxygen atoms in total. The fourth-order valence-electron chi connectivity index (χ4n) is 3.26. The van der Waals surface area contributed by atoms with Crippen molar-refractivity contribution in [3.63, 3.8) is 0 Å². The van der Waals surface area contributed by atoms with Crippen LogP contribution in [0.3, 0.4) is 0 Å². The Bertz CT molecular complexity index is 1190. The lowest BCUT2D eigenvalue weighted by Crippen LogP contribution is -2.51. The summed E-state index contributed by atoms with van der Waals surface area (Å²) in [4.78, 5) is 27.2. The van der Waals surface area contributed by atoms with Crippen molar-refractivity contribution >= 4 is 50.7 Å². The van der Waals surface area contributed by atoms with Crippen molar-refractivity contribution in [3.8, 4) is 0 Å². The molecule has 36 heavy (non-hydrogen) atoms. The molecule has 2 aromatic rings. The summed E-state index contributed by atoms with van der Waals surface area (Å²) >= 11 is 11.6. The van der Waals surface area contributed by atoms with Gasteiger partial charge in [-0.1, -0.05) is 42.3 Å². The number of rotatable bonds is 10. The van der Waals surface area contributed by atoms with E-state index in [9.17, 15) is 31.2 Å². The molecule has 0 unspecified atom stereocenters. The van der Waals surface area contributed by atoms with Crippen LogP contribution in [-0.2, 0) is 32.3 Å². The molecule has 0 aromatic heterocycles. The lowest BCUT2D eigenvalue weighted by molar-refractivity contribution is -0.139. The van der Waals surface area contributed by atoms with Crippen molar-refractivity contribution in [2.24, 2.45) is 0 Å². The van der Waals surface area contributed by atoms with Gasteiger partial charge in [0.2, 0.25) is 21.8 Å². The summed E-state index contributed by atoms with van der Waals surface area (Å²) in [6.07, 6.45) is -3.42. The average Bonchev–Trinajstić information content (AvgIpc) is 2.79. The Morgan fingerprint density at radius 3 is 2.22 bits per heavy atom. The van der Waals surface area contributed by atoms with Crippen LogP contribution in [0.4, 0.5) is 18.9 Å². The summed E-state index contributed by atoms with van der Waals surface area (Å²) in [5, 5.41) is 2.52. The molecule has 0 saturated heterocycles. The van der Waals surface area contributed by atoms with Gasteiger partial charge in [-0.25, -0.2) is 8.42 Å². The summed E-state index contributed by atoms with van der Waals surface area (Å²) in [7, 11) is -4.20. The minimum Gasteiger partial charge on any atom is -0.354 e. The second-order valence-corrected chi connectivity index (χ2v) is 10.8. The average molecular weight is 568 g/mol. The highest BCUT2D eigenvalue weighted by atomic mass is 35.5. The Hall–Kier alpha value is -2.50. The van der Waals surface area contributed by atoms with Crippen LogP contribution in [-0.4, -0.2) is 50.5 Å². The fourth-order valence-corrected chi connectivity index (χ4v) is 4.46. The Morgan fingerprint density at radius 1 is 1.08 bits per heavy atom. The van der Waals surface area contributed by atoms with Gasteiger partial charge in [0.15, 0.2) is 0 Å². The first-order chi connectivity index (χ1) is 16.6. The highest BCUT2D eigenvalue weighted by Gasteiger charge is 2.35. The van der Waals surface area contributed by atoms with E-state index < -0.39 is 56.9 Å². The zero-order valence-corrected chi connectivity index (χ0v) is 22.1. The van der Waals surface area contributed by atoms with Crippen molar-refractivity contribution in [2.75, 3.05) is 23.7 Å². The second kappa shape index (κ2) is 12.2. The van der Waals surface area contributed by atoms with E-state index >= 15 is 0 Å². The summed E-state index contributed by atoms with van der Waals surface area (Å²) in [5.74, 6) is -1.26. The molecular formula is C23H26Cl2F3N3O4S. The number of nitrogens with zero attached hydrogens (tertiary/aromatic N) is 2. The van der Waals surface area contributed by atoms with Crippen molar-refractivity contribution < 1.29 is 31.2 Å². The number of sulfonamides is 1. The highest BCUT2D eigenvalue weighted by molar-refractivity contribution is 7.92.